The highest BCUT2D eigenvalue weighted by Crippen LogP contribution is 2.14. The van der Waals surface area contributed by atoms with E-state index < -0.39 is 0 Å². The Morgan fingerprint density at radius 2 is 2.08 bits per heavy atom. The molecular formula is C20H33N3O2. The minimum Gasteiger partial charge on any atom is -0.492 e. The van der Waals surface area contributed by atoms with E-state index >= 15 is 0 Å². The summed E-state index contributed by atoms with van der Waals surface area (Å²) in [5, 5.41) is 0. The van der Waals surface area contributed by atoms with Crippen LogP contribution >= 0.6 is 0 Å². The minimum atomic E-state index is 0.363. The summed E-state index contributed by atoms with van der Waals surface area (Å²) in [6, 6.07) is 8.85. The van der Waals surface area contributed by atoms with Crippen LogP contribution < -0.4 is 4.74 Å². The monoisotopic (exact) mass is 347 g/mol. The van der Waals surface area contributed by atoms with Crippen LogP contribution in [0.4, 0.5) is 0 Å². The van der Waals surface area contributed by atoms with Crippen LogP contribution in [-0.2, 0) is 4.74 Å². The van der Waals surface area contributed by atoms with E-state index in [-0.39, 0.29) is 0 Å². The van der Waals surface area contributed by atoms with Gasteiger partial charge < -0.3 is 14.4 Å². The second kappa shape index (κ2) is 8.99. The van der Waals surface area contributed by atoms with Crippen molar-refractivity contribution >= 4 is 0 Å². The van der Waals surface area contributed by atoms with Gasteiger partial charge in [0.15, 0.2) is 0 Å². The molecule has 2 aliphatic heterocycles. The van der Waals surface area contributed by atoms with Crippen LogP contribution in [0.5, 0.6) is 5.75 Å². The zero-order chi connectivity index (χ0) is 17.6. The highest BCUT2D eigenvalue weighted by molar-refractivity contribution is 5.27. The molecular weight excluding hydrogens is 314 g/mol. The first kappa shape index (κ1) is 18.6. The van der Waals surface area contributed by atoms with Crippen LogP contribution in [0.1, 0.15) is 12.5 Å². The van der Waals surface area contributed by atoms with Gasteiger partial charge in [0.25, 0.3) is 0 Å². The Labute approximate surface area is 152 Å². The molecule has 0 bridgehead atoms. The summed E-state index contributed by atoms with van der Waals surface area (Å²) in [5.41, 5.74) is 1.25. The topological polar surface area (TPSA) is 28.2 Å². The zero-order valence-electron chi connectivity index (χ0n) is 16.0. The van der Waals surface area contributed by atoms with Gasteiger partial charge in [-0.05, 0) is 38.6 Å². The molecule has 2 aliphatic rings. The summed E-state index contributed by atoms with van der Waals surface area (Å²) >= 11 is 0. The molecule has 0 unspecified atom stereocenters. The van der Waals surface area contributed by atoms with Gasteiger partial charge in [0, 0.05) is 51.9 Å². The van der Waals surface area contributed by atoms with E-state index in [4.69, 9.17) is 9.47 Å². The summed E-state index contributed by atoms with van der Waals surface area (Å²) in [6.07, 6.45) is 0.363. The van der Waals surface area contributed by atoms with E-state index in [0.717, 1.165) is 64.8 Å². The normalized spacial score (nSPS) is 26.7. The van der Waals surface area contributed by atoms with Crippen molar-refractivity contribution in [1.82, 2.24) is 14.7 Å². The molecule has 2 heterocycles. The van der Waals surface area contributed by atoms with Crippen molar-refractivity contribution in [1.29, 1.82) is 0 Å². The predicted molar refractivity (Wildman–Crippen MR) is 101 cm³/mol. The number of likely N-dealkylation sites (N-methyl/N-ethyl adjacent to an activating group) is 1. The second-order valence-electron chi connectivity index (χ2n) is 7.56. The van der Waals surface area contributed by atoms with Crippen LogP contribution in [0.15, 0.2) is 24.3 Å². The Balaban J connectivity index is 1.38. The van der Waals surface area contributed by atoms with Gasteiger partial charge in [-0.25, -0.2) is 0 Å². The number of benzene rings is 1. The summed E-state index contributed by atoms with van der Waals surface area (Å²) in [4.78, 5) is 7.48. The lowest BCUT2D eigenvalue weighted by Gasteiger charge is -2.42. The number of hydrogen-bond donors (Lipinski definition) is 0. The molecule has 1 aromatic rings. The van der Waals surface area contributed by atoms with E-state index in [1.807, 2.05) is 6.07 Å². The third kappa shape index (κ3) is 5.68. The Morgan fingerprint density at radius 3 is 2.84 bits per heavy atom. The van der Waals surface area contributed by atoms with Crippen LogP contribution in [0.3, 0.4) is 0 Å². The highest BCUT2D eigenvalue weighted by Gasteiger charge is 2.27. The van der Waals surface area contributed by atoms with Crippen LogP contribution in [0, 0.1) is 6.92 Å². The van der Waals surface area contributed by atoms with Gasteiger partial charge in [-0.15, -0.1) is 0 Å². The zero-order valence-corrected chi connectivity index (χ0v) is 16.0. The smallest absolute Gasteiger partial charge is 0.119 e. The average molecular weight is 348 g/mol. The number of piperazine rings is 1. The van der Waals surface area contributed by atoms with Gasteiger partial charge in [-0.2, -0.15) is 0 Å². The maximum Gasteiger partial charge on any atom is 0.119 e. The van der Waals surface area contributed by atoms with Crippen molar-refractivity contribution in [2.75, 3.05) is 66.1 Å². The summed E-state index contributed by atoms with van der Waals surface area (Å²) in [5.74, 6) is 0.977. The summed E-state index contributed by atoms with van der Waals surface area (Å²) in [7, 11) is 2.18. The van der Waals surface area contributed by atoms with Crippen molar-refractivity contribution in [3.63, 3.8) is 0 Å². The third-order valence-corrected chi connectivity index (χ3v) is 5.29. The lowest BCUT2D eigenvalue weighted by atomic mass is 10.1. The van der Waals surface area contributed by atoms with Gasteiger partial charge >= 0.3 is 0 Å². The van der Waals surface area contributed by atoms with Crippen LogP contribution in [0.25, 0.3) is 0 Å². The Hall–Kier alpha value is -1.14. The highest BCUT2D eigenvalue weighted by atomic mass is 16.5. The molecule has 5 heteroatoms. The van der Waals surface area contributed by atoms with Gasteiger partial charge in [-0.1, -0.05) is 12.1 Å². The fourth-order valence-corrected chi connectivity index (χ4v) is 3.82. The van der Waals surface area contributed by atoms with Crippen LogP contribution in [-0.4, -0.2) is 92.9 Å². The van der Waals surface area contributed by atoms with Crippen molar-refractivity contribution in [2.45, 2.75) is 26.0 Å². The van der Waals surface area contributed by atoms with Crippen molar-refractivity contribution < 1.29 is 9.47 Å². The van der Waals surface area contributed by atoms with E-state index in [9.17, 15) is 0 Å². The number of morpholine rings is 1. The maximum absolute atomic E-state index is 5.92. The number of hydrogen-bond acceptors (Lipinski definition) is 5. The predicted octanol–water partition coefficient (Wildman–Crippen LogP) is 1.71. The second-order valence-corrected chi connectivity index (χ2v) is 7.56. The van der Waals surface area contributed by atoms with E-state index in [2.05, 4.69) is 53.8 Å². The molecule has 0 N–H and O–H groups in total. The molecule has 140 valence electrons. The first-order valence-electron chi connectivity index (χ1n) is 9.56. The van der Waals surface area contributed by atoms with Gasteiger partial charge in [0.1, 0.15) is 12.4 Å². The molecule has 0 aromatic heterocycles. The van der Waals surface area contributed by atoms with Gasteiger partial charge in [0.2, 0.25) is 0 Å². The first-order chi connectivity index (χ1) is 12.1. The number of aryl methyl sites for hydroxylation is 1. The molecule has 0 aliphatic carbocycles. The van der Waals surface area contributed by atoms with Crippen molar-refractivity contribution in [3.05, 3.63) is 29.8 Å². The molecule has 2 saturated heterocycles. The molecule has 25 heavy (non-hydrogen) atoms. The molecule has 2 atom stereocenters. The molecule has 0 radical (unpaired) electrons. The average Bonchev–Trinajstić information content (AvgIpc) is 2.57. The summed E-state index contributed by atoms with van der Waals surface area (Å²) < 4.78 is 11.8. The fraction of sp³-hybridized carbons (Fsp3) is 0.700. The number of nitrogens with zero attached hydrogens (tertiary/aromatic N) is 3. The maximum atomic E-state index is 5.92. The third-order valence-electron chi connectivity index (χ3n) is 5.29. The van der Waals surface area contributed by atoms with Crippen LogP contribution in [0.2, 0.25) is 0 Å². The Morgan fingerprint density at radius 1 is 1.20 bits per heavy atom. The van der Waals surface area contributed by atoms with E-state index in [1.165, 1.54) is 5.56 Å². The molecule has 0 saturated carbocycles. The SMILES string of the molecule is Cc1cccc(OCCN2CCN(C[C@H]3CN(C)CCO3)C[C@@H]2C)c1. The molecule has 5 nitrogen and oxygen atoms in total. The number of rotatable bonds is 6. The molecule has 0 spiro atoms. The minimum absolute atomic E-state index is 0.363. The summed E-state index contributed by atoms with van der Waals surface area (Å²) in [6.45, 7) is 13.6. The van der Waals surface area contributed by atoms with Gasteiger partial charge in [-0.3, -0.25) is 9.80 Å². The van der Waals surface area contributed by atoms with Crippen molar-refractivity contribution in [3.8, 4) is 5.75 Å². The Kier molecular flexibility index (Phi) is 6.70. The standard InChI is InChI=1S/C20H33N3O2/c1-17-5-4-6-19(13-17)24-12-10-23-8-7-22(14-18(23)2)16-20-15-21(3)9-11-25-20/h4-6,13,18,20H,7-12,14-16H2,1-3H3/t18-,20+/m0/s1. The molecule has 0 amide bonds. The lowest BCUT2D eigenvalue weighted by molar-refractivity contribution is -0.0458. The first-order valence-corrected chi connectivity index (χ1v) is 9.56. The largest absolute Gasteiger partial charge is 0.492 e. The Bertz CT molecular complexity index is 539. The lowest BCUT2D eigenvalue weighted by Crippen LogP contribution is -2.55. The fourth-order valence-electron chi connectivity index (χ4n) is 3.82. The van der Waals surface area contributed by atoms with Gasteiger partial charge in [0.05, 0.1) is 12.7 Å². The quantitative estimate of drug-likeness (QED) is 0.781. The van der Waals surface area contributed by atoms with Crippen molar-refractivity contribution in [2.24, 2.45) is 0 Å². The molecule has 2 fully saturated rings. The van der Waals surface area contributed by atoms with E-state index in [1.54, 1.807) is 0 Å². The molecule has 1 aromatic carbocycles. The van der Waals surface area contributed by atoms with E-state index in [0.29, 0.717) is 12.1 Å². The number of ether oxygens (including phenoxy) is 2. The molecule has 3 rings (SSSR count).